The van der Waals surface area contributed by atoms with Crippen LogP contribution in [0.15, 0.2) is 18.5 Å². The number of rotatable bonds is 2. The molecule has 2 aromatic rings. The molecule has 0 aliphatic carbocycles. The summed E-state index contributed by atoms with van der Waals surface area (Å²) in [7, 11) is 0. The fourth-order valence-electron chi connectivity index (χ4n) is 1.52. The Labute approximate surface area is 86.4 Å². The average Bonchev–Trinajstić information content (AvgIpc) is 2.62. The highest BCUT2D eigenvalue weighted by Crippen LogP contribution is 2.17. The van der Waals surface area contributed by atoms with Crippen LogP contribution in [0, 0.1) is 6.92 Å². The summed E-state index contributed by atoms with van der Waals surface area (Å²) < 4.78 is 1.56. The number of aromatic nitrogens is 3. The van der Waals surface area contributed by atoms with E-state index in [-0.39, 0.29) is 0 Å². The standard InChI is InChI=1S/C10H11N3O2/c1-6-3-8(7(2)10(14)15)13-9(4-6)11-5-12-13/h3-5,7H,1-2H3,(H,14,15). The van der Waals surface area contributed by atoms with E-state index in [1.165, 1.54) is 6.33 Å². The molecule has 2 rings (SSSR count). The lowest BCUT2D eigenvalue weighted by Crippen LogP contribution is -2.12. The zero-order chi connectivity index (χ0) is 11.0. The normalized spacial score (nSPS) is 12.9. The van der Waals surface area contributed by atoms with Crippen LogP contribution < -0.4 is 0 Å². The maximum Gasteiger partial charge on any atom is 0.312 e. The van der Waals surface area contributed by atoms with Gasteiger partial charge < -0.3 is 5.11 Å². The largest absolute Gasteiger partial charge is 0.481 e. The fourth-order valence-corrected chi connectivity index (χ4v) is 1.52. The highest BCUT2D eigenvalue weighted by molar-refractivity contribution is 5.75. The summed E-state index contributed by atoms with van der Waals surface area (Å²) in [6.45, 7) is 3.55. The van der Waals surface area contributed by atoms with E-state index in [1.807, 2.05) is 19.1 Å². The number of carboxylic acid groups (broad SMARTS) is 1. The first kappa shape index (κ1) is 9.64. The second kappa shape index (κ2) is 3.34. The zero-order valence-corrected chi connectivity index (χ0v) is 8.51. The first-order chi connectivity index (χ1) is 7.09. The first-order valence-electron chi connectivity index (χ1n) is 4.62. The van der Waals surface area contributed by atoms with Crippen molar-refractivity contribution in [3.63, 3.8) is 0 Å². The Morgan fingerprint density at radius 1 is 1.53 bits per heavy atom. The van der Waals surface area contributed by atoms with Crippen LogP contribution in [0.3, 0.4) is 0 Å². The van der Waals surface area contributed by atoms with Crippen molar-refractivity contribution in [2.75, 3.05) is 0 Å². The number of fused-ring (bicyclic) bond motifs is 1. The summed E-state index contributed by atoms with van der Waals surface area (Å²) in [6.07, 6.45) is 1.42. The Kier molecular flexibility index (Phi) is 2.15. The Morgan fingerprint density at radius 2 is 2.27 bits per heavy atom. The monoisotopic (exact) mass is 205 g/mol. The molecular weight excluding hydrogens is 194 g/mol. The maximum absolute atomic E-state index is 10.9. The number of pyridine rings is 1. The summed E-state index contributed by atoms with van der Waals surface area (Å²) in [6, 6.07) is 3.69. The molecule has 0 saturated heterocycles. The molecule has 0 aliphatic heterocycles. The summed E-state index contributed by atoms with van der Waals surface area (Å²) >= 11 is 0. The van der Waals surface area contributed by atoms with Crippen LogP contribution in [-0.4, -0.2) is 25.7 Å². The minimum atomic E-state index is -0.864. The number of aryl methyl sites for hydroxylation is 1. The van der Waals surface area contributed by atoms with Crippen molar-refractivity contribution < 1.29 is 9.90 Å². The van der Waals surface area contributed by atoms with Gasteiger partial charge in [0.05, 0.1) is 11.6 Å². The molecule has 1 atom stereocenters. The van der Waals surface area contributed by atoms with Crippen molar-refractivity contribution in [1.82, 2.24) is 14.6 Å². The quantitative estimate of drug-likeness (QED) is 0.800. The van der Waals surface area contributed by atoms with E-state index >= 15 is 0 Å². The molecule has 0 amide bonds. The smallest absolute Gasteiger partial charge is 0.312 e. The predicted molar refractivity (Wildman–Crippen MR) is 53.8 cm³/mol. The molecule has 0 saturated carbocycles. The Bertz CT molecular complexity index is 518. The molecule has 2 heterocycles. The van der Waals surface area contributed by atoms with E-state index in [1.54, 1.807) is 11.4 Å². The topological polar surface area (TPSA) is 67.5 Å². The van der Waals surface area contributed by atoms with E-state index in [2.05, 4.69) is 10.1 Å². The predicted octanol–water partition coefficient (Wildman–Crippen LogP) is 1.23. The van der Waals surface area contributed by atoms with Gasteiger partial charge in [-0.2, -0.15) is 5.10 Å². The molecule has 0 spiro atoms. The van der Waals surface area contributed by atoms with Gasteiger partial charge in [-0.15, -0.1) is 0 Å². The van der Waals surface area contributed by atoms with Crippen molar-refractivity contribution in [2.24, 2.45) is 0 Å². The Balaban J connectivity index is 2.67. The second-order valence-corrected chi connectivity index (χ2v) is 3.55. The third kappa shape index (κ3) is 1.56. The minimum absolute atomic E-state index is 0.589. The molecule has 15 heavy (non-hydrogen) atoms. The molecule has 0 aliphatic rings. The van der Waals surface area contributed by atoms with Gasteiger partial charge in [-0.3, -0.25) is 4.79 Å². The molecule has 1 unspecified atom stereocenters. The number of carbonyl (C=O) groups is 1. The number of hydrogen-bond donors (Lipinski definition) is 1. The van der Waals surface area contributed by atoms with Crippen LogP contribution in [0.5, 0.6) is 0 Å². The first-order valence-corrected chi connectivity index (χ1v) is 4.62. The summed E-state index contributed by atoms with van der Waals surface area (Å²) in [5.74, 6) is -1.45. The van der Waals surface area contributed by atoms with Gasteiger partial charge in [-0.05, 0) is 31.5 Å². The van der Waals surface area contributed by atoms with Crippen molar-refractivity contribution in [1.29, 1.82) is 0 Å². The maximum atomic E-state index is 10.9. The fraction of sp³-hybridized carbons (Fsp3) is 0.300. The highest BCUT2D eigenvalue weighted by Gasteiger charge is 2.18. The van der Waals surface area contributed by atoms with Gasteiger partial charge in [0.2, 0.25) is 0 Å². The molecular formula is C10H11N3O2. The van der Waals surface area contributed by atoms with Gasteiger partial charge in [0.15, 0.2) is 5.65 Å². The number of carboxylic acids is 1. The second-order valence-electron chi connectivity index (χ2n) is 3.55. The molecule has 78 valence electrons. The van der Waals surface area contributed by atoms with E-state index in [9.17, 15) is 4.79 Å². The van der Waals surface area contributed by atoms with Gasteiger partial charge in [-0.1, -0.05) is 0 Å². The van der Waals surface area contributed by atoms with Crippen LogP contribution in [0.2, 0.25) is 0 Å². The van der Waals surface area contributed by atoms with Gasteiger partial charge in [0, 0.05) is 0 Å². The lowest BCUT2D eigenvalue weighted by molar-refractivity contribution is -0.138. The zero-order valence-electron chi connectivity index (χ0n) is 8.51. The molecule has 2 aromatic heterocycles. The van der Waals surface area contributed by atoms with Crippen molar-refractivity contribution in [3.8, 4) is 0 Å². The van der Waals surface area contributed by atoms with E-state index in [4.69, 9.17) is 5.11 Å². The molecule has 0 bridgehead atoms. The van der Waals surface area contributed by atoms with E-state index in [0.29, 0.717) is 11.3 Å². The van der Waals surface area contributed by atoms with Gasteiger partial charge in [-0.25, -0.2) is 9.50 Å². The summed E-state index contributed by atoms with van der Waals surface area (Å²) in [5, 5.41) is 13.0. The van der Waals surface area contributed by atoms with Gasteiger partial charge in [0.1, 0.15) is 6.33 Å². The van der Waals surface area contributed by atoms with Crippen LogP contribution in [0.4, 0.5) is 0 Å². The van der Waals surface area contributed by atoms with Crippen LogP contribution >= 0.6 is 0 Å². The Hall–Kier alpha value is -1.91. The van der Waals surface area contributed by atoms with Gasteiger partial charge >= 0.3 is 5.97 Å². The van der Waals surface area contributed by atoms with Crippen molar-refractivity contribution in [2.45, 2.75) is 19.8 Å². The molecule has 1 N–H and O–H groups in total. The third-order valence-corrected chi connectivity index (χ3v) is 2.37. The highest BCUT2D eigenvalue weighted by atomic mass is 16.4. The minimum Gasteiger partial charge on any atom is -0.481 e. The lowest BCUT2D eigenvalue weighted by Gasteiger charge is -2.09. The molecule has 0 aromatic carbocycles. The number of nitrogens with zero attached hydrogens (tertiary/aromatic N) is 3. The SMILES string of the molecule is Cc1cc(C(C)C(=O)O)n2ncnc2c1. The van der Waals surface area contributed by atoms with Crippen LogP contribution in [-0.2, 0) is 4.79 Å². The van der Waals surface area contributed by atoms with Crippen molar-refractivity contribution in [3.05, 3.63) is 29.7 Å². The summed E-state index contributed by atoms with van der Waals surface area (Å²) in [4.78, 5) is 15.0. The van der Waals surface area contributed by atoms with E-state index in [0.717, 1.165) is 5.56 Å². The Morgan fingerprint density at radius 3 is 2.93 bits per heavy atom. The molecule has 5 heteroatoms. The summed E-state index contributed by atoms with van der Waals surface area (Å²) in [5.41, 5.74) is 2.31. The van der Waals surface area contributed by atoms with Crippen molar-refractivity contribution >= 4 is 11.6 Å². The van der Waals surface area contributed by atoms with Gasteiger partial charge in [0.25, 0.3) is 0 Å². The molecule has 5 nitrogen and oxygen atoms in total. The molecule has 0 fully saturated rings. The third-order valence-electron chi connectivity index (χ3n) is 2.37. The van der Waals surface area contributed by atoms with E-state index < -0.39 is 11.9 Å². The number of hydrogen-bond acceptors (Lipinski definition) is 3. The lowest BCUT2D eigenvalue weighted by atomic mass is 10.1. The van der Waals surface area contributed by atoms with Crippen LogP contribution in [0.25, 0.3) is 5.65 Å². The number of aliphatic carboxylic acids is 1. The average molecular weight is 205 g/mol. The van der Waals surface area contributed by atoms with Crippen LogP contribution in [0.1, 0.15) is 24.1 Å². The molecule has 0 radical (unpaired) electrons.